The zero-order valence-electron chi connectivity index (χ0n) is 11.0. The molecule has 2 N–H and O–H groups in total. The third kappa shape index (κ3) is 1.78. The first-order chi connectivity index (χ1) is 10.6. The number of ketones is 1. The normalized spacial score (nSPS) is 18.8. The van der Waals surface area contributed by atoms with Gasteiger partial charge in [0.2, 0.25) is 5.78 Å². The lowest BCUT2D eigenvalue weighted by molar-refractivity contribution is -0.110. The van der Waals surface area contributed by atoms with E-state index in [0.29, 0.717) is 32.5 Å². The number of allylic oxidation sites excluding steroid dienone is 1. The molecule has 108 valence electrons. The monoisotopic (exact) mass is 330 g/mol. The standard InChI is InChI=1S/C16H8Cl2N2O2/c17-9-5-8-12(6-10(9)18)20-16(22)13(8)14-15(21)7-3-1-2-4-11(7)19-14/h1-6,19H,(H,20,22). The molecule has 0 atom stereocenters. The molecule has 0 aliphatic carbocycles. The van der Waals surface area contributed by atoms with Gasteiger partial charge in [0, 0.05) is 16.8 Å². The molecule has 1 amide bonds. The van der Waals surface area contributed by atoms with E-state index >= 15 is 0 Å². The smallest absolute Gasteiger partial charge is 0.258 e. The molecule has 0 saturated carbocycles. The second-order valence-electron chi connectivity index (χ2n) is 5.02. The van der Waals surface area contributed by atoms with Crippen LogP contribution in [-0.4, -0.2) is 11.7 Å². The summed E-state index contributed by atoms with van der Waals surface area (Å²) in [7, 11) is 0. The number of carbonyl (C=O) groups excluding carboxylic acids is 2. The predicted molar refractivity (Wildman–Crippen MR) is 86.4 cm³/mol. The van der Waals surface area contributed by atoms with Gasteiger partial charge in [0.15, 0.2) is 0 Å². The molecule has 0 unspecified atom stereocenters. The summed E-state index contributed by atoms with van der Waals surface area (Å²) in [6.45, 7) is 0. The Bertz CT molecular complexity index is 903. The van der Waals surface area contributed by atoms with Crippen molar-refractivity contribution in [3.8, 4) is 0 Å². The molecule has 22 heavy (non-hydrogen) atoms. The zero-order valence-corrected chi connectivity index (χ0v) is 12.5. The summed E-state index contributed by atoms with van der Waals surface area (Å²) in [6, 6.07) is 10.3. The van der Waals surface area contributed by atoms with Crippen LogP contribution in [0.1, 0.15) is 15.9 Å². The Balaban J connectivity index is 1.94. The van der Waals surface area contributed by atoms with Gasteiger partial charge in [0.1, 0.15) is 5.70 Å². The highest BCUT2D eigenvalue weighted by Gasteiger charge is 2.35. The Morgan fingerprint density at radius 2 is 1.55 bits per heavy atom. The molecule has 0 radical (unpaired) electrons. The van der Waals surface area contributed by atoms with Gasteiger partial charge in [0.25, 0.3) is 5.91 Å². The van der Waals surface area contributed by atoms with E-state index < -0.39 is 0 Å². The minimum absolute atomic E-state index is 0.209. The molecule has 2 heterocycles. The van der Waals surface area contributed by atoms with Crippen molar-refractivity contribution in [3.63, 3.8) is 0 Å². The topological polar surface area (TPSA) is 58.2 Å². The number of para-hydroxylation sites is 1. The Morgan fingerprint density at radius 1 is 0.818 bits per heavy atom. The first-order valence-corrected chi connectivity index (χ1v) is 7.27. The summed E-state index contributed by atoms with van der Waals surface area (Å²) in [4.78, 5) is 24.8. The van der Waals surface area contributed by atoms with Gasteiger partial charge < -0.3 is 10.6 Å². The summed E-state index contributed by atoms with van der Waals surface area (Å²) in [5, 5.41) is 6.41. The Hall–Kier alpha value is -2.30. The van der Waals surface area contributed by atoms with E-state index in [9.17, 15) is 9.59 Å². The molecule has 0 bridgehead atoms. The lowest BCUT2D eigenvalue weighted by Gasteiger charge is -2.04. The lowest BCUT2D eigenvalue weighted by Crippen LogP contribution is -2.11. The molecule has 0 fully saturated rings. The van der Waals surface area contributed by atoms with Crippen molar-refractivity contribution in [2.24, 2.45) is 0 Å². The van der Waals surface area contributed by atoms with E-state index in [0.717, 1.165) is 0 Å². The van der Waals surface area contributed by atoms with Gasteiger partial charge in [-0.15, -0.1) is 0 Å². The van der Waals surface area contributed by atoms with Crippen LogP contribution in [0.3, 0.4) is 0 Å². The van der Waals surface area contributed by atoms with Gasteiger partial charge in [-0.1, -0.05) is 35.3 Å². The Morgan fingerprint density at radius 3 is 2.32 bits per heavy atom. The van der Waals surface area contributed by atoms with Crippen LogP contribution in [0.15, 0.2) is 42.1 Å². The summed E-state index contributed by atoms with van der Waals surface area (Å²) in [6.07, 6.45) is 0. The lowest BCUT2D eigenvalue weighted by atomic mass is 10.0. The van der Waals surface area contributed by atoms with E-state index in [1.807, 2.05) is 6.07 Å². The molecule has 0 spiro atoms. The average molecular weight is 331 g/mol. The minimum Gasteiger partial charge on any atom is -0.351 e. The first kappa shape index (κ1) is 13.4. The van der Waals surface area contributed by atoms with Crippen molar-refractivity contribution in [1.29, 1.82) is 0 Å². The number of amides is 1. The third-order valence-electron chi connectivity index (χ3n) is 3.71. The van der Waals surface area contributed by atoms with E-state index in [2.05, 4.69) is 10.6 Å². The summed E-state index contributed by atoms with van der Waals surface area (Å²) < 4.78 is 0. The molecule has 6 heteroatoms. The van der Waals surface area contributed by atoms with Crippen molar-refractivity contribution in [2.45, 2.75) is 0 Å². The number of Topliss-reactive ketones (excluding diaryl/α,β-unsaturated/α-hetero) is 1. The predicted octanol–water partition coefficient (Wildman–Crippen LogP) is 3.97. The minimum atomic E-state index is -0.350. The first-order valence-electron chi connectivity index (χ1n) is 6.52. The number of fused-ring (bicyclic) bond motifs is 2. The highest BCUT2D eigenvalue weighted by atomic mass is 35.5. The molecule has 2 aliphatic rings. The highest BCUT2D eigenvalue weighted by molar-refractivity contribution is 6.44. The maximum Gasteiger partial charge on any atom is 0.258 e. The van der Waals surface area contributed by atoms with Crippen LogP contribution in [0.25, 0.3) is 5.57 Å². The summed E-state index contributed by atoms with van der Waals surface area (Å²) in [5.41, 5.74) is 2.91. The average Bonchev–Trinajstić information content (AvgIpc) is 2.97. The Labute approximate surface area is 135 Å². The molecule has 4 nitrogen and oxygen atoms in total. The van der Waals surface area contributed by atoms with Crippen molar-refractivity contribution < 1.29 is 9.59 Å². The molecule has 4 rings (SSSR count). The SMILES string of the molecule is O=C1Nc2cc(Cl)c(Cl)cc2C1=C1Nc2ccccc2C1=O. The molecule has 2 aromatic rings. The number of halogens is 2. The molecule has 0 aromatic heterocycles. The van der Waals surface area contributed by atoms with Crippen LogP contribution < -0.4 is 10.6 Å². The highest BCUT2D eigenvalue weighted by Crippen LogP contribution is 2.41. The van der Waals surface area contributed by atoms with Gasteiger partial charge in [-0.3, -0.25) is 9.59 Å². The molecular formula is C16H8Cl2N2O2. The van der Waals surface area contributed by atoms with Crippen LogP contribution in [0.5, 0.6) is 0 Å². The maximum atomic E-state index is 12.5. The van der Waals surface area contributed by atoms with Crippen molar-refractivity contribution >= 4 is 51.8 Å². The fourth-order valence-corrected chi connectivity index (χ4v) is 3.03. The molecule has 2 aliphatic heterocycles. The summed E-state index contributed by atoms with van der Waals surface area (Å²) in [5.74, 6) is -0.559. The molecule has 0 saturated heterocycles. The van der Waals surface area contributed by atoms with Gasteiger partial charge >= 0.3 is 0 Å². The van der Waals surface area contributed by atoms with Gasteiger partial charge in [0.05, 0.1) is 21.3 Å². The van der Waals surface area contributed by atoms with E-state index in [4.69, 9.17) is 23.2 Å². The number of hydrogen-bond donors (Lipinski definition) is 2. The quantitative estimate of drug-likeness (QED) is 0.718. The van der Waals surface area contributed by atoms with Crippen LogP contribution in [-0.2, 0) is 4.79 Å². The van der Waals surface area contributed by atoms with E-state index in [1.165, 1.54) is 0 Å². The fourth-order valence-electron chi connectivity index (χ4n) is 2.70. The van der Waals surface area contributed by atoms with E-state index in [-0.39, 0.29) is 23.0 Å². The number of anilines is 2. The number of nitrogens with one attached hydrogen (secondary N) is 2. The number of hydrogen-bond acceptors (Lipinski definition) is 3. The largest absolute Gasteiger partial charge is 0.351 e. The Kier molecular flexibility index (Phi) is 2.79. The molecular weight excluding hydrogens is 323 g/mol. The third-order valence-corrected chi connectivity index (χ3v) is 4.44. The van der Waals surface area contributed by atoms with Gasteiger partial charge in [-0.05, 0) is 24.3 Å². The van der Waals surface area contributed by atoms with Gasteiger partial charge in [-0.2, -0.15) is 0 Å². The van der Waals surface area contributed by atoms with E-state index in [1.54, 1.807) is 30.3 Å². The van der Waals surface area contributed by atoms with Crippen LogP contribution >= 0.6 is 23.2 Å². The number of benzene rings is 2. The molecule has 2 aromatic carbocycles. The zero-order chi connectivity index (χ0) is 15.4. The van der Waals surface area contributed by atoms with Crippen molar-refractivity contribution in [2.75, 3.05) is 10.6 Å². The van der Waals surface area contributed by atoms with Crippen LogP contribution in [0.4, 0.5) is 11.4 Å². The maximum absolute atomic E-state index is 12.5. The fraction of sp³-hybridized carbons (Fsp3) is 0. The number of carbonyl (C=O) groups is 2. The van der Waals surface area contributed by atoms with Crippen LogP contribution in [0, 0.1) is 0 Å². The van der Waals surface area contributed by atoms with Gasteiger partial charge in [-0.25, -0.2) is 0 Å². The van der Waals surface area contributed by atoms with Crippen molar-refractivity contribution in [3.05, 3.63) is 63.3 Å². The van der Waals surface area contributed by atoms with Crippen molar-refractivity contribution in [1.82, 2.24) is 0 Å². The second-order valence-corrected chi connectivity index (χ2v) is 5.83. The second kappa shape index (κ2) is 4.60. The summed E-state index contributed by atoms with van der Waals surface area (Å²) >= 11 is 12.0. The number of rotatable bonds is 0. The van der Waals surface area contributed by atoms with Crippen LogP contribution in [0.2, 0.25) is 10.0 Å².